The number of aromatic nitrogens is 3. The molecular weight excluding hydrogens is 235 g/mol. The van der Waals surface area contributed by atoms with Crippen molar-refractivity contribution in [2.75, 3.05) is 11.1 Å². The van der Waals surface area contributed by atoms with Crippen LogP contribution in [-0.4, -0.2) is 15.2 Å². The zero-order valence-electron chi connectivity index (χ0n) is 8.42. The van der Waals surface area contributed by atoms with Crippen LogP contribution < -0.4 is 11.1 Å². The van der Waals surface area contributed by atoms with Crippen LogP contribution in [0.2, 0.25) is 0 Å². The molecule has 0 aliphatic heterocycles. The fourth-order valence-corrected chi connectivity index (χ4v) is 1.20. The zero-order chi connectivity index (χ0) is 12.5. The van der Waals surface area contributed by atoms with Crippen molar-refractivity contribution in [3.63, 3.8) is 0 Å². The second-order valence-corrected chi connectivity index (χ2v) is 3.24. The van der Waals surface area contributed by atoms with Gasteiger partial charge in [0, 0.05) is 5.69 Å². The van der Waals surface area contributed by atoms with Gasteiger partial charge in [0.05, 0.1) is 5.56 Å². The van der Waals surface area contributed by atoms with E-state index in [1.54, 1.807) is 0 Å². The monoisotopic (exact) mass is 243 g/mol. The topological polar surface area (TPSA) is 79.6 Å². The predicted octanol–water partition coefficient (Wildman–Crippen LogP) is 2.15. The van der Waals surface area contributed by atoms with E-state index in [2.05, 4.69) is 20.5 Å². The summed E-state index contributed by atoms with van der Waals surface area (Å²) in [4.78, 5) is 3.75. The molecule has 2 aromatic rings. The van der Waals surface area contributed by atoms with Crippen molar-refractivity contribution in [3.05, 3.63) is 29.8 Å². The summed E-state index contributed by atoms with van der Waals surface area (Å²) in [5.41, 5.74) is 5.03. The van der Waals surface area contributed by atoms with Crippen LogP contribution >= 0.6 is 0 Å². The van der Waals surface area contributed by atoms with E-state index in [1.807, 2.05) is 0 Å². The summed E-state index contributed by atoms with van der Waals surface area (Å²) in [7, 11) is 0. The minimum absolute atomic E-state index is 0.124. The van der Waals surface area contributed by atoms with Gasteiger partial charge in [0.2, 0.25) is 11.9 Å². The highest BCUT2D eigenvalue weighted by Gasteiger charge is 2.29. The molecule has 17 heavy (non-hydrogen) atoms. The summed E-state index contributed by atoms with van der Waals surface area (Å²) in [5, 5.41) is 8.79. The number of rotatable bonds is 2. The summed E-state index contributed by atoms with van der Waals surface area (Å²) < 4.78 is 36.8. The highest BCUT2D eigenvalue weighted by molar-refractivity contribution is 5.54. The Hall–Kier alpha value is -2.25. The van der Waals surface area contributed by atoms with E-state index in [1.165, 1.54) is 12.1 Å². The van der Waals surface area contributed by atoms with Crippen molar-refractivity contribution in [1.82, 2.24) is 15.2 Å². The normalized spacial score (nSPS) is 11.5. The van der Waals surface area contributed by atoms with Gasteiger partial charge in [-0.25, -0.2) is 5.10 Å². The molecule has 1 heterocycles. The van der Waals surface area contributed by atoms with Gasteiger partial charge in [-0.3, -0.25) is 0 Å². The molecule has 0 radical (unpaired) electrons. The van der Waals surface area contributed by atoms with Crippen LogP contribution in [0, 0.1) is 0 Å². The predicted molar refractivity (Wildman–Crippen MR) is 55.5 cm³/mol. The molecule has 0 saturated carbocycles. The van der Waals surface area contributed by atoms with E-state index >= 15 is 0 Å². The molecule has 1 aromatic heterocycles. The second-order valence-electron chi connectivity index (χ2n) is 3.24. The zero-order valence-corrected chi connectivity index (χ0v) is 8.42. The molecule has 0 unspecified atom stereocenters. The molecule has 1 aromatic carbocycles. The van der Waals surface area contributed by atoms with Crippen LogP contribution in [0.3, 0.4) is 0 Å². The third kappa shape index (κ3) is 2.65. The first-order valence-corrected chi connectivity index (χ1v) is 4.57. The van der Waals surface area contributed by atoms with Gasteiger partial charge in [0.15, 0.2) is 0 Å². The fourth-order valence-electron chi connectivity index (χ4n) is 1.20. The lowest BCUT2D eigenvalue weighted by atomic mass is 10.2. The van der Waals surface area contributed by atoms with Crippen LogP contribution in [0.5, 0.6) is 0 Å². The van der Waals surface area contributed by atoms with Gasteiger partial charge >= 0.3 is 6.18 Å². The Kier molecular flexibility index (Phi) is 2.62. The average Bonchev–Trinajstić information content (AvgIpc) is 2.63. The molecule has 5 nitrogen and oxygen atoms in total. The minimum Gasteiger partial charge on any atom is -0.368 e. The Balaban J connectivity index is 2.13. The molecule has 0 saturated heterocycles. The number of nitrogens with one attached hydrogen (secondary N) is 2. The van der Waals surface area contributed by atoms with Crippen molar-refractivity contribution < 1.29 is 13.2 Å². The van der Waals surface area contributed by atoms with Crippen LogP contribution in [0.25, 0.3) is 0 Å². The Morgan fingerprint density at radius 1 is 1.18 bits per heavy atom. The van der Waals surface area contributed by atoms with Crippen LogP contribution in [0.1, 0.15) is 5.56 Å². The molecule has 4 N–H and O–H groups in total. The molecular formula is C9H8F3N5. The summed E-state index contributed by atoms with van der Waals surface area (Å²) in [5.74, 6) is 0.321. The molecule has 8 heteroatoms. The number of anilines is 3. The van der Waals surface area contributed by atoms with E-state index in [0.29, 0.717) is 5.69 Å². The summed E-state index contributed by atoms with van der Waals surface area (Å²) in [6.07, 6.45) is -4.34. The lowest BCUT2D eigenvalue weighted by Gasteiger charge is -2.07. The van der Waals surface area contributed by atoms with Gasteiger partial charge in [-0.1, -0.05) is 0 Å². The number of nitrogens with two attached hydrogens (primary N) is 1. The number of hydrogen-bond donors (Lipinski definition) is 3. The lowest BCUT2D eigenvalue weighted by molar-refractivity contribution is -0.137. The lowest BCUT2D eigenvalue weighted by Crippen LogP contribution is -2.04. The number of aromatic amines is 1. The SMILES string of the molecule is Nc1nc(Nc2ccc(C(F)(F)F)cc2)n[nH]1. The number of nitrogens with zero attached hydrogens (tertiary/aromatic N) is 2. The van der Waals surface area contributed by atoms with Crippen molar-refractivity contribution >= 4 is 17.6 Å². The van der Waals surface area contributed by atoms with Gasteiger partial charge in [-0.15, -0.1) is 5.10 Å². The average molecular weight is 243 g/mol. The smallest absolute Gasteiger partial charge is 0.368 e. The highest BCUT2D eigenvalue weighted by Crippen LogP contribution is 2.30. The molecule has 0 fully saturated rings. The number of alkyl halides is 3. The van der Waals surface area contributed by atoms with Gasteiger partial charge in [-0.05, 0) is 24.3 Å². The largest absolute Gasteiger partial charge is 0.416 e. The Morgan fingerprint density at radius 2 is 1.82 bits per heavy atom. The number of nitrogen functional groups attached to an aromatic ring is 1. The Bertz CT molecular complexity index is 502. The molecule has 0 aliphatic carbocycles. The van der Waals surface area contributed by atoms with Gasteiger partial charge in [0.25, 0.3) is 0 Å². The Morgan fingerprint density at radius 3 is 2.29 bits per heavy atom. The third-order valence-electron chi connectivity index (χ3n) is 1.97. The third-order valence-corrected chi connectivity index (χ3v) is 1.97. The van der Waals surface area contributed by atoms with E-state index in [9.17, 15) is 13.2 Å². The first-order chi connectivity index (χ1) is 7.95. The summed E-state index contributed by atoms with van der Waals surface area (Å²) in [6, 6.07) is 4.52. The van der Waals surface area contributed by atoms with E-state index in [-0.39, 0.29) is 11.9 Å². The molecule has 0 bridgehead atoms. The maximum absolute atomic E-state index is 12.3. The molecule has 0 aliphatic rings. The van der Waals surface area contributed by atoms with Crippen molar-refractivity contribution in [2.24, 2.45) is 0 Å². The standard InChI is InChI=1S/C9H8F3N5/c10-9(11,12)5-1-3-6(4-2-5)14-8-15-7(13)16-17-8/h1-4H,(H4,13,14,15,16,17). The second kappa shape index (κ2) is 3.96. The molecule has 0 atom stereocenters. The maximum atomic E-state index is 12.3. The number of benzene rings is 1. The number of H-pyrrole nitrogens is 1. The summed E-state index contributed by atoms with van der Waals surface area (Å²) >= 11 is 0. The van der Waals surface area contributed by atoms with E-state index in [4.69, 9.17) is 5.73 Å². The van der Waals surface area contributed by atoms with Crippen LogP contribution in [0.15, 0.2) is 24.3 Å². The molecule has 0 spiro atoms. The molecule has 0 amide bonds. The maximum Gasteiger partial charge on any atom is 0.416 e. The van der Waals surface area contributed by atoms with Crippen molar-refractivity contribution in [1.29, 1.82) is 0 Å². The molecule has 2 rings (SSSR count). The Labute approximate surface area is 93.9 Å². The van der Waals surface area contributed by atoms with Crippen LogP contribution in [0.4, 0.5) is 30.8 Å². The number of hydrogen-bond acceptors (Lipinski definition) is 4. The first kappa shape index (κ1) is 11.2. The minimum atomic E-state index is -4.34. The first-order valence-electron chi connectivity index (χ1n) is 4.57. The fraction of sp³-hybridized carbons (Fsp3) is 0.111. The van der Waals surface area contributed by atoms with E-state index in [0.717, 1.165) is 12.1 Å². The number of halogens is 3. The van der Waals surface area contributed by atoms with Crippen LogP contribution in [-0.2, 0) is 6.18 Å². The molecule has 90 valence electrons. The van der Waals surface area contributed by atoms with Crippen molar-refractivity contribution in [3.8, 4) is 0 Å². The quantitative estimate of drug-likeness (QED) is 0.755. The van der Waals surface area contributed by atoms with Gasteiger partial charge in [0.1, 0.15) is 0 Å². The van der Waals surface area contributed by atoms with Crippen molar-refractivity contribution in [2.45, 2.75) is 6.18 Å². The van der Waals surface area contributed by atoms with Gasteiger partial charge in [-0.2, -0.15) is 18.2 Å². The highest BCUT2D eigenvalue weighted by atomic mass is 19.4. The summed E-state index contributed by atoms with van der Waals surface area (Å²) in [6.45, 7) is 0. The van der Waals surface area contributed by atoms with E-state index < -0.39 is 11.7 Å². The van der Waals surface area contributed by atoms with Gasteiger partial charge < -0.3 is 11.1 Å².